The summed E-state index contributed by atoms with van der Waals surface area (Å²) in [5.41, 5.74) is 1.02. The van der Waals surface area contributed by atoms with E-state index >= 15 is 0 Å². The van der Waals surface area contributed by atoms with Gasteiger partial charge in [0.05, 0.1) is 18.4 Å². The number of aromatic nitrogens is 1. The molecule has 31 heavy (non-hydrogen) atoms. The van der Waals surface area contributed by atoms with Crippen LogP contribution in [0.15, 0.2) is 35.5 Å². The van der Waals surface area contributed by atoms with E-state index in [0.29, 0.717) is 37.4 Å². The first kappa shape index (κ1) is 20.0. The van der Waals surface area contributed by atoms with Gasteiger partial charge >= 0.3 is 0 Å². The smallest absolute Gasteiger partial charge is 0.233 e. The van der Waals surface area contributed by atoms with Gasteiger partial charge in [-0.25, -0.2) is 4.98 Å². The van der Waals surface area contributed by atoms with Crippen molar-refractivity contribution < 1.29 is 14.3 Å². The fourth-order valence-corrected chi connectivity index (χ4v) is 4.97. The molecule has 2 heterocycles. The number of amides is 2. The number of rotatable bonds is 8. The average Bonchev–Trinajstić information content (AvgIpc) is 3.30. The van der Waals surface area contributed by atoms with E-state index in [4.69, 9.17) is 4.74 Å². The predicted molar refractivity (Wildman–Crippen MR) is 115 cm³/mol. The van der Waals surface area contributed by atoms with Crippen LogP contribution in [-0.2, 0) is 16.1 Å². The minimum absolute atomic E-state index is 0.00772. The second kappa shape index (κ2) is 8.32. The molecule has 1 aromatic rings. The molecule has 4 atom stereocenters. The maximum absolute atomic E-state index is 12.7. The summed E-state index contributed by atoms with van der Waals surface area (Å²) >= 11 is 0. The highest BCUT2D eigenvalue weighted by molar-refractivity contribution is 6.06. The number of allylic oxidation sites excluding steroid dienone is 2. The highest BCUT2D eigenvalue weighted by Crippen LogP contribution is 2.52. The molecule has 0 spiro atoms. The quantitative estimate of drug-likeness (QED) is 0.284. The van der Waals surface area contributed by atoms with Crippen LogP contribution in [0.5, 0.6) is 5.88 Å². The van der Waals surface area contributed by atoms with E-state index in [1.54, 1.807) is 13.2 Å². The van der Waals surface area contributed by atoms with Crippen molar-refractivity contribution in [3.05, 3.63) is 36.0 Å². The van der Waals surface area contributed by atoms with E-state index in [9.17, 15) is 9.59 Å². The highest BCUT2D eigenvalue weighted by atomic mass is 16.5. The molecule has 164 valence electrons. The average molecular weight is 424 g/mol. The van der Waals surface area contributed by atoms with Gasteiger partial charge in [0.2, 0.25) is 17.7 Å². The Bertz CT molecular complexity index is 878. The molecule has 8 heteroatoms. The Labute approximate surface area is 182 Å². The van der Waals surface area contributed by atoms with Crippen molar-refractivity contribution in [3.63, 3.8) is 0 Å². The Kier molecular flexibility index (Phi) is 5.38. The summed E-state index contributed by atoms with van der Waals surface area (Å²) in [7, 11) is 1.70. The number of likely N-dealkylation sites (tertiary alicyclic amines) is 1. The zero-order valence-corrected chi connectivity index (χ0v) is 17.8. The number of nitrogens with one attached hydrogen (secondary N) is 2. The molecule has 2 bridgehead atoms. The molecule has 2 N–H and O–H groups in total. The van der Waals surface area contributed by atoms with Gasteiger partial charge in [-0.2, -0.15) is 0 Å². The molecule has 2 amide bonds. The summed E-state index contributed by atoms with van der Waals surface area (Å²) in [6, 6.07) is 3.87. The summed E-state index contributed by atoms with van der Waals surface area (Å²) in [6.45, 7) is 2.14. The minimum atomic E-state index is -0.135. The number of fused-ring (bicyclic) bond motifs is 5. The van der Waals surface area contributed by atoms with Gasteiger partial charge in [0, 0.05) is 38.9 Å². The van der Waals surface area contributed by atoms with Crippen LogP contribution in [-0.4, -0.2) is 54.4 Å². The lowest BCUT2D eigenvalue weighted by Gasteiger charge is -2.18. The van der Waals surface area contributed by atoms with E-state index in [1.165, 1.54) is 17.7 Å². The Balaban J connectivity index is 1.06. The molecule has 4 aliphatic rings. The normalized spacial score (nSPS) is 28.9. The predicted octanol–water partition coefficient (Wildman–Crippen LogP) is 1.34. The molecule has 5 rings (SSSR count). The fourth-order valence-electron chi connectivity index (χ4n) is 4.97. The van der Waals surface area contributed by atoms with Gasteiger partial charge in [0.15, 0.2) is 5.96 Å². The number of aliphatic imine (C=N–C) groups is 1. The summed E-state index contributed by atoms with van der Waals surface area (Å²) in [5, 5.41) is 6.43. The summed E-state index contributed by atoms with van der Waals surface area (Å²) in [5.74, 6) is 2.19. The lowest BCUT2D eigenvalue weighted by molar-refractivity contribution is -0.140. The van der Waals surface area contributed by atoms with Gasteiger partial charge in [-0.05, 0) is 42.6 Å². The summed E-state index contributed by atoms with van der Waals surface area (Å²) < 4.78 is 5.66. The van der Waals surface area contributed by atoms with Crippen molar-refractivity contribution in [1.82, 2.24) is 20.5 Å². The largest absolute Gasteiger partial charge is 0.477 e. The first-order chi connectivity index (χ1) is 15.1. The number of nitrogens with zero attached hydrogens (tertiary/aromatic N) is 3. The van der Waals surface area contributed by atoms with Crippen LogP contribution in [0.2, 0.25) is 0 Å². The van der Waals surface area contributed by atoms with Crippen LogP contribution >= 0.6 is 0 Å². The number of ether oxygens (including phenoxy) is 1. The van der Waals surface area contributed by atoms with E-state index in [0.717, 1.165) is 18.6 Å². The first-order valence-corrected chi connectivity index (χ1v) is 11.2. The Hall–Kier alpha value is -2.90. The van der Waals surface area contributed by atoms with Gasteiger partial charge in [-0.3, -0.25) is 19.5 Å². The number of hydrogen-bond acceptors (Lipinski definition) is 5. The molecule has 4 unspecified atom stereocenters. The zero-order valence-electron chi connectivity index (χ0n) is 17.8. The first-order valence-electron chi connectivity index (χ1n) is 11.2. The second-order valence-electron chi connectivity index (χ2n) is 8.94. The Morgan fingerprint density at radius 2 is 1.90 bits per heavy atom. The summed E-state index contributed by atoms with van der Waals surface area (Å²) in [6.07, 6.45) is 9.50. The van der Waals surface area contributed by atoms with E-state index in [-0.39, 0.29) is 35.5 Å². The van der Waals surface area contributed by atoms with Crippen LogP contribution < -0.4 is 15.4 Å². The topological polar surface area (TPSA) is 95.9 Å². The van der Waals surface area contributed by atoms with Gasteiger partial charge in [0.25, 0.3) is 0 Å². The molecule has 0 radical (unpaired) electrons. The molecule has 1 aliphatic heterocycles. The molecule has 3 fully saturated rings. The lowest BCUT2D eigenvalue weighted by Crippen LogP contribution is -2.43. The minimum Gasteiger partial charge on any atom is -0.477 e. The maximum atomic E-state index is 12.7. The van der Waals surface area contributed by atoms with Crippen LogP contribution in [0.4, 0.5) is 0 Å². The van der Waals surface area contributed by atoms with Crippen LogP contribution in [0.1, 0.15) is 24.8 Å². The molecule has 1 saturated heterocycles. The standard InChI is InChI=1S/C23H29N5O3/c1-24-23(27-12-15-4-7-18(26-11-15)31-13-14-2-3-14)25-8-9-28-21(29)19-16-5-6-17(10-16)20(19)22(28)30/h4-7,11,14,16-17,19-20H,2-3,8-10,12-13H2,1H3,(H2,24,25,27). The number of imide groups is 1. The third-order valence-corrected chi connectivity index (χ3v) is 6.83. The van der Waals surface area contributed by atoms with Crippen molar-refractivity contribution in [2.45, 2.75) is 25.8 Å². The number of pyridine rings is 1. The molecule has 8 nitrogen and oxygen atoms in total. The third-order valence-electron chi connectivity index (χ3n) is 6.83. The zero-order chi connectivity index (χ0) is 21.4. The SMILES string of the molecule is CN=C(NCCN1C(=O)C2C3C=CC(C3)C2C1=O)NCc1ccc(OCC2CC2)nc1. The number of hydrogen-bond donors (Lipinski definition) is 2. The van der Waals surface area contributed by atoms with Crippen LogP contribution in [0.3, 0.4) is 0 Å². The second-order valence-corrected chi connectivity index (χ2v) is 8.94. The van der Waals surface area contributed by atoms with Gasteiger partial charge < -0.3 is 15.4 Å². The van der Waals surface area contributed by atoms with E-state index in [2.05, 4.69) is 32.8 Å². The molecule has 1 aromatic heterocycles. The number of guanidine groups is 1. The van der Waals surface area contributed by atoms with Gasteiger partial charge in [-0.15, -0.1) is 0 Å². The molecule has 0 aromatic carbocycles. The van der Waals surface area contributed by atoms with Crippen molar-refractivity contribution in [2.24, 2.45) is 34.6 Å². The maximum Gasteiger partial charge on any atom is 0.233 e. The molecule has 3 aliphatic carbocycles. The van der Waals surface area contributed by atoms with Crippen molar-refractivity contribution >= 4 is 17.8 Å². The highest BCUT2D eigenvalue weighted by Gasteiger charge is 2.58. The van der Waals surface area contributed by atoms with E-state index < -0.39 is 0 Å². The van der Waals surface area contributed by atoms with Gasteiger partial charge in [0.1, 0.15) is 0 Å². The Morgan fingerprint density at radius 1 is 1.16 bits per heavy atom. The summed E-state index contributed by atoms with van der Waals surface area (Å²) in [4.78, 5) is 35.5. The third kappa shape index (κ3) is 4.03. The lowest BCUT2D eigenvalue weighted by atomic mass is 9.85. The van der Waals surface area contributed by atoms with E-state index in [1.807, 2.05) is 12.1 Å². The molecular weight excluding hydrogens is 394 g/mol. The number of carbonyl (C=O) groups excluding carboxylic acids is 2. The Morgan fingerprint density at radius 3 is 2.52 bits per heavy atom. The van der Waals surface area contributed by atoms with Crippen LogP contribution in [0, 0.1) is 29.6 Å². The van der Waals surface area contributed by atoms with Crippen molar-refractivity contribution in [3.8, 4) is 5.88 Å². The van der Waals surface area contributed by atoms with Crippen molar-refractivity contribution in [1.29, 1.82) is 0 Å². The molecular formula is C23H29N5O3. The number of carbonyl (C=O) groups is 2. The fraction of sp³-hybridized carbons (Fsp3) is 0.565. The molecule has 2 saturated carbocycles. The monoisotopic (exact) mass is 423 g/mol. The van der Waals surface area contributed by atoms with Crippen molar-refractivity contribution in [2.75, 3.05) is 26.7 Å². The van der Waals surface area contributed by atoms with Gasteiger partial charge in [-0.1, -0.05) is 18.2 Å². The van der Waals surface area contributed by atoms with Crippen LogP contribution in [0.25, 0.3) is 0 Å².